The maximum absolute atomic E-state index is 11.5. The minimum atomic E-state index is -0.951. The summed E-state index contributed by atoms with van der Waals surface area (Å²) < 4.78 is 5.70. The van der Waals surface area contributed by atoms with Gasteiger partial charge in [-0.25, -0.2) is 0 Å². The summed E-state index contributed by atoms with van der Waals surface area (Å²) in [6.45, 7) is 3.31. The van der Waals surface area contributed by atoms with E-state index in [4.69, 9.17) is 4.74 Å². The van der Waals surface area contributed by atoms with Crippen molar-refractivity contribution in [2.45, 2.75) is 19.3 Å². The average Bonchev–Trinajstić information content (AvgIpc) is 2.55. The highest BCUT2D eigenvalue weighted by molar-refractivity contribution is 5.94. The standard InChI is InChI=1S/C18H19NO4/c1-18(2,17(21)22)13-6-10-15(11-7-13)23-14-8-4-12(5-9-14)16(20)19-3/h4-11H,1-3H3,(H,19,20)(H,21,22). The van der Waals surface area contributed by atoms with Crippen LogP contribution in [0.25, 0.3) is 0 Å². The van der Waals surface area contributed by atoms with Crippen LogP contribution in [0.4, 0.5) is 0 Å². The van der Waals surface area contributed by atoms with E-state index in [0.29, 0.717) is 22.6 Å². The number of hydrogen-bond donors (Lipinski definition) is 2. The molecule has 0 aliphatic rings. The van der Waals surface area contributed by atoms with Gasteiger partial charge in [0.05, 0.1) is 5.41 Å². The molecule has 2 aromatic carbocycles. The third-order valence-corrected chi connectivity index (χ3v) is 3.69. The molecule has 5 heteroatoms. The summed E-state index contributed by atoms with van der Waals surface area (Å²) in [4.78, 5) is 22.7. The number of ether oxygens (including phenoxy) is 1. The molecule has 0 aliphatic carbocycles. The van der Waals surface area contributed by atoms with E-state index >= 15 is 0 Å². The number of carbonyl (C=O) groups excluding carboxylic acids is 1. The molecular formula is C18H19NO4. The lowest BCUT2D eigenvalue weighted by Gasteiger charge is -2.19. The molecular weight excluding hydrogens is 294 g/mol. The van der Waals surface area contributed by atoms with Gasteiger partial charge in [-0.2, -0.15) is 0 Å². The Bertz CT molecular complexity index is 703. The summed E-state index contributed by atoms with van der Waals surface area (Å²) in [5.41, 5.74) is 0.305. The highest BCUT2D eigenvalue weighted by Gasteiger charge is 2.29. The predicted octanol–water partition coefficient (Wildman–Crippen LogP) is 3.20. The lowest BCUT2D eigenvalue weighted by Crippen LogP contribution is -2.28. The van der Waals surface area contributed by atoms with Crippen molar-refractivity contribution in [3.63, 3.8) is 0 Å². The summed E-state index contributed by atoms with van der Waals surface area (Å²) in [5, 5.41) is 11.8. The van der Waals surface area contributed by atoms with Gasteiger partial charge in [-0.1, -0.05) is 12.1 Å². The SMILES string of the molecule is CNC(=O)c1ccc(Oc2ccc(C(C)(C)C(=O)O)cc2)cc1. The molecule has 0 heterocycles. The van der Waals surface area contributed by atoms with Gasteiger partial charge in [-0.05, 0) is 55.8 Å². The van der Waals surface area contributed by atoms with Crippen LogP contribution in [0.2, 0.25) is 0 Å². The number of nitrogens with one attached hydrogen (secondary N) is 1. The molecule has 120 valence electrons. The molecule has 0 aromatic heterocycles. The monoisotopic (exact) mass is 313 g/mol. The molecule has 0 saturated heterocycles. The summed E-state index contributed by atoms with van der Waals surface area (Å²) in [6.07, 6.45) is 0. The van der Waals surface area contributed by atoms with Gasteiger partial charge in [0.25, 0.3) is 5.91 Å². The van der Waals surface area contributed by atoms with Gasteiger partial charge in [0.15, 0.2) is 0 Å². The van der Waals surface area contributed by atoms with E-state index in [-0.39, 0.29) is 5.91 Å². The number of rotatable bonds is 5. The lowest BCUT2D eigenvalue weighted by molar-refractivity contribution is -0.142. The molecule has 0 aliphatic heterocycles. The number of benzene rings is 2. The van der Waals surface area contributed by atoms with Crippen LogP contribution < -0.4 is 10.1 Å². The van der Waals surface area contributed by atoms with Crippen molar-refractivity contribution >= 4 is 11.9 Å². The zero-order chi connectivity index (χ0) is 17.0. The minimum absolute atomic E-state index is 0.156. The zero-order valence-corrected chi connectivity index (χ0v) is 13.3. The first-order valence-corrected chi connectivity index (χ1v) is 7.18. The molecule has 0 atom stereocenters. The van der Waals surface area contributed by atoms with Crippen LogP contribution in [0.3, 0.4) is 0 Å². The number of carboxylic acids is 1. The van der Waals surface area contributed by atoms with Gasteiger partial charge in [0, 0.05) is 12.6 Å². The van der Waals surface area contributed by atoms with Crippen LogP contribution in [-0.2, 0) is 10.2 Å². The Labute approximate surface area is 134 Å². The van der Waals surface area contributed by atoms with Crippen molar-refractivity contribution in [1.29, 1.82) is 0 Å². The van der Waals surface area contributed by atoms with Crippen molar-refractivity contribution in [1.82, 2.24) is 5.32 Å². The van der Waals surface area contributed by atoms with Crippen molar-refractivity contribution in [2.24, 2.45) is 0 Å². The molecule has 2 aromatic rings. The molecule has 5 nitrogen and oxygen atoms in total. The van der Waals surface area contributed by atoms with E-state index in [1.165, 1.54) is 0 Å². The average molecular weight is 313 g/mol. The fraction of sp³-hybridized carbons (Fsp3) is 0.222. The van der Waals surface area contributed by atoms with Gasteiger partial charge >= 0.3 is 5.97 Å². The zero-order valence-electron chi connectivity index (χ0n) is 13.3. The van der Waals surface area contributed by atoms with Gasteiger partial charge in [0.2, 0.25) is 0 Å². The first kappa shape index (κ1) is 16.5. The highest BCUT2D eigenvalue weighted by atomic mass is 16.5. The summed E-state index contributed by atoms with van der Waals surface area (Å²) in [7, 11) is 1.58. The van der Waals surface area contributed by atoms with Crippen molar-refractivity contribution in [3.8, 4) is 11.5 Å². The second-order valence-corrected chi connectivity index (χ2v) is 5.66. The van der Waals surface area contributed by atoms with Crippen molar-refractivity contribution in [3.05, 3.63) is 59.7 Å². The molecule has 0 bridgehead atoms. The van der Waals surface area contributed by atoms with Crippen LogP contribution >= 0.6 is 0 Å². The predicted molar refractivity (Wildman–Crippen MR) is 87.0 cm³/mol. The number of carboxylic acid groups (broad SMARTS) is 1. The molecule has 0 radical (unpaired) electrons. The van der Waals surface area contributed by atoms with Crippen LogP contribution in [0.1, 0.15) is 29.8 Å². The Balaban J connectivity index is 2.12. The molecule has 23 heavy (non-hydrogen) atoms. The lowest BCUT2D eigenvalue weighted by atomic mass is 9.85. The van der Waals surface area contributed by atoms with E-state index < -0.39 is 11.4 Å². The van der Waals surface area contributed by atoms with Crippen LogP contribution in [0, 0.1) is 0 Å². The number of amides is 1. The number of carbonyl (C=O) groups is 2. The normalized spacial score (nSPS) is 10.9. The topological polar surface area (TPSA) is 75.6 Å². The molecule has 0 spiro atoms. The van der Waals surface area contributed by atoms with Gasteiger partial charge in [-0.3, -0.25) is 9.59 Å². The van der Waals surface area contributed by atoms with Crippen LogP contribution in [-0.4, -0.2) is 24.0 Å². The second-order valence-electron chi connectivity index (χ2n) is 5.66. The largest absolute Gasteiger partial charge is 0.481 e. The van der Waals surface area contributed by atoms with E-state index in [1.807, 2.05) is 0 Å². The Morgan fingerprint density at radius 2 is 1.43 bits per heavy atom. The molecule has 0 fully saturated rings. The smallest absolute Gasteiger partial charge is 0.313 e. The van der Waals surface area contributed by atoms with Crippen LogP contribution in [0.5, 0.6) is 11.5 Å². The molecule has 0 unspecified atom stereocenters. The van der Waals surface area contributed by atoms with E-state index in [2.05, 4.69) is 5.32 Å². The highest BCUT2D eigenvalue weighted by Crippen LogP contribution is 2.27. The van der Waals surface area contributed by atoms with Gasteiger partial charge in [-0.15, -0.1) is 0 Å². The maximum Gasteiger partial charge on any atom is 0.313 e. The summed E-state index contributed by atoms with van der Waals surface area (Å²) in [5.74, 6) is 0.165. The van der Waals surface area contributed by atoms with Gasteiger partial charge < -0.3 is 15.2 Å². The van der Waals surface area contributed by atoms with Crippen molar-refractivity contribution in [2.75, 3.05) is 7.05 Å². The Morgan fingerprint density at radius 1 is 0.957 bits per heavy atom. The maximum atomic E-state index is 11.5. The first-order chi connectivity index (χ1) is 10.8. The van der Waals surface area contributed by atoms with E-state index in [1.54, 1.807) is 69.4 Å². The Kier molecular flexibility index (Phi) is 4.69. The van der Waals surface area contributed by atoms with E-state index in [0.717, 1.165) is 0 Å². The summed E-state index contributed by atoms with van der Waals surface area (Å²) in [6, 6.07) is 13.7. The number of hydrogen-bond acceptors (Lipinski definition) is 3. The molecule has 1 amide bonds. The van der Waals surface area contributed by atoms with Crippen molar-refractivity contribution < 1.29 is 19.4 Å². The molecule has 2 N–H and O–H groups in total. The Hall–Kier alpha value is -2.82. The molecule has 0 saturated carbocycles. The van der Waals surface area contributed by atoms with Gasteiger partial charge in [0.1, 0.15) is 11.5 Å². The quantitative estimate of drug-likeness (QED) is 0.889. The second kappa shape index (κ2) is 6.52. The third-order valence-electron chi connectivity index (χ3n) is 3.69. The Morgan fingerprint density at radius 3 is 1.87 bits per heavy atom. The fourth-order valence-corrected chi connectivity index (χ4v) is 2.02. The minimum Gasteiger partial charge on any atom is -0.481 e. The summed E-state index contributed by atoms with van der Waals surface area (Å²) >= 11 is 0. The van der Waals surface area contributed by atoms with Crippen LogP contribution in [0.15, 0.2) is 48.5 Å². The third kappa shape index (κ3) is 3.69. The molecule has 2 rings (SSSR count). The number of aliphatic carboxylic acids is 1. The van der Waals surface area contributed by atoms with E-state index in [9.17, 15) is 14.7 Å². The fourth-order valence-electron chi connectivity index (χ4n) is 2.02. The first-order valence-electron chi connectivity index (χ1n) is 7.18.